The predicted molar refractivity (Wildman–Crippen MR) is 91.6 cm³/mol. The monoisotopic (exact) mass is 291 g/mol. The Morgan fingerprint density at radius 1 is 0.476 bits per heavy atom. The predicted octanol–water partition coefficient (Wildman–Crippen LogP) is 5.78. The van der Waals surface area contributed by atoms with Gasteiger partial charge in [0.15, 0.2) is 0 Å². The fourth-order valence-corrected chi connectivity index (χ4v) is 5.77. The Labute approximate surface area is 132 Å². The van der Waals surface area contributed by atoms with Crippen LogP contribution in [-0.2, 0) is 0 Å². The first-order valence-electron chi connectivity index (χ1n) is 10.1. The number of likely N-dealkylation sites (tertiary alicyclic amines) is 1. The Balaban J connectivity index is 1.73. The van der Waals surface area contributed by atoms with Gasteiger partial charge in [-0.2, -0.15) is 0 Å². The average molecular weight is 292 g/mol. The smallest absolute Gasteiger partial charge is 0.0127 e. The van der Waals surface area contributed by atoms with Gasteiger partial charge in [0.25, 0.3) is 0 Å². The van der Waals surface area contributed by atoms with Crippen molar-refractivity contribution < 1.29 is 0 Å². The second-order valence-corrected chi connectivity index (χ2v) is 8.17. The summed E-state index contributed by atoms with van der Waals surface area (Å²) >= 11 is 0. The molecule has 0 aromatic heterocycles. The van der Waals surface area contributed by atoms with Gasteiger partial charge in [-0.25, -0.2) is 0 Å². The van der Waals surface area contributed by atoms with Crippen LogP contribution in [0, 0.1) is 11.8 Å². The number of nitrogens with zero attached hydrogens (tertiary/aromatic N) is 1. The zero-order valence-corrected chi connectivity index (χ0v) is 14.4. The van der Waals surface area contributed by atoms with Gasteiger partial charge in [-0.15, -0.1) is 0 Å². The van der Waals surface area contributed by atoms with Crippen molar-refractivity contribution in [3.05, 3.63) is 0 Å². The minimum absolute atomic E-state index is 0.928. The third kappa shape index (κ3) is 3.84. The van der Waals surface area contributed by atoms with Gasteiger partial charge in [-0.1, -0.05) is 70.6 Å². The van der Waals surface area contributed by atoms with Gasteiger partial charge in [0.2, 0.25) is 0 Å². The summed E-state index contributed by atoms with van der Waals surface area (Å²) in [6.07, 6.45) is 22.6. The van der Waals surface area contributed by atoms with Crippen molar-refractivity contribution in [2.75, 3.05) is 7.05 Å². The maximum atomic E-state index is 2.86. The lowest BCUT2D eigenvalue weighted by molar-refractivity contribution is 0.192. The molecule has 4 atom stereocenters. The quantitative estimate of drug-likeness (QED) is 0.547. The summed E-state index contributed by atoms with van der Waals surface area (Å²) in [6.45, 7) is 0. The van der Waals surface area contributed by atoms with Crippen molar-refractivity contribution in [2.45, 2.75) is 108 Å². The third-order valence-electron chi connectivity index (χ3n) is 6.91. The summed E-state index contributed by atoms with van der Waals surface area (Å²) in [5.74, 6) is 2.08. The van der Waals surface area contributed by atoms with Crippen molar-refractivity contribution >= 4 is 0 Å². The van der Waals surface area contributed by atoms with Crippen molar-refractivity contribution in [3.63, 3.8) is 0 Å². The molecule has 1 heteroatoms. The largest absolute Gasteiger partial charge is 0.300 e. The topological polar surface area (TPSA) is 3.24 Å². The molecular formula is C20H37N. The molecule has 2 aliphatic carbocycles. The molecule has 1 nitrogen and oxygen atoms in total. The minimum Gasteiger partial charge on any atom is -0.300 e. The Hall–Kier alpha value is -0.0400. The van der Waals surface area contributed by atoms with Gasteiger partial charge in [0.05, 0.1) is 0 Å². The molecule has 0 radical (unpaired) electrons. The SMILES string of the molecule is CN1C2CCCCCCCCC2C2CCCCCCCC21. The van der Waals surface area contributed by atoms with E-state index in [2.05, 4.69) is 11.9 Å². The summed E-state index contributed by atoms with van der Waals surface area (Å²) in [4.78, 5) is 2.86. The lowest BCUT2D eigenvalue weighted by Crippen LogP contribution is -2.34. The Morgan fingerprint density at radius 3 is 1.24 bits per heavy atom. The van der Waals surface area contributed by atoms with E-state index in [1.807, 2.05) is 0 Å². The molecule has 3 rings (SSSR count). The van der Waals surface area contributed by atoms with Crippen LogP contribution in [0.1, 0.15) is 96.3 Å². The second kappa shape index (κ2) is 7.99. The summed E-state index contributed by atoms with van der Waals surface area (Å²) in [5.41, 5.74) is 0. The Morgan fingerprint density at radius 2 is 0.810 bits per heavy atom. The maximum Gasteiger partial charge on any atom is 0.0127 e. The van der Waals surface area contributed by atoms with E-state index in [-0.39, 0.29) is 0 Å². The van der Waals surface area contributed by atoms with E-state index in [0.29, 0.717) is 0 Å². The molecular weight excluding hydrogens is 254 g/mol. The van der Waals surface area contributed by atoms with E-state index in [1.54, 1.807) is 0 Å². The van der Waals surface area contributed by atoms with E-state index in [1.165, 1.54) is 96.3 Å². The number of hydrogen-bond donors (Lipinski definition) is 0. The number of hydrogen-bond acceptors (Lipinski definition) is 1. The minimum atomic E-state index is 0.928. The fraction of sp³-hybridized carbons (Fsp3) is 1.00. The van der Waals surface area contributed by atoms with Gasteiger partial charge < -0.3 is 0 Å². The van der Waals surface area contributed by atoms with Crippen molar-refractivity contribution in [2.24, 2.45) is 11.8 Å². The van der Waals surface area contributed by atoms with Crippen molar-refractivity contribution in [1.29, 1.82) is 0 Å². The lowest BCUT2D eigenvalue weighted by atomic mass is 9.78. The van der Waals surface area contributed by atoms with Crippen LogP contribution in [0.3, 0.4) is 0 Å². The van der Waals surface area contributed by atoms with Crippen molar-refractivity contribution in [1.82, 2.24) is 4.90 Å². The van der Waals surface area contributed by atoms with Crippen LogP contribution in [0.2, 0.25) is 0 Å². The molecule has 3 fully saturated rings. The Kier molecular flexibility index (Phi) is 6.03. The number of rotatable bonds is 0. The highest BCUT2D eigenvalue weighted by Crippen LogP contribution is 2.45. The molecule has 1 heterocycles. The van der Waals surface area contributed by atoms with Crippen LogP contribution in [0.5, 0.6) is 0 Å². The Bertz CT molecular complexity index is 300. The van der Waals surface area contributed by atoms with Gasteiger partial charge in [-0.05, 0) is 44.6 Å². The van der Waals surface area contributed by atoms with Crippen LogP contribution in [0.15, 0.2) is 0 Å². The fourth-order valence-electron chi connectivity index (χ4n) is 5.77. The summed E-state index contributed by atoms with van der Waals surface area (Å²) in [5, 5.41) is 0. The van der Waals surface area contributed by atoms with E-state index >= 15 is 0 Å². The van der Waals surface area contributed by atoms with Gasteiger partial charge in [0, 0.05) is 12.1 Å². The molecule has 4 unspecified atom stereocenters. The molecule has 0 spiro atoms. The van der Waals surface area contributed by atoms with Gasteiger partial charge in [-0.3, -0.25) is 4.90 Å². The standard InChI is InChI=1S/C20H37N/c1-21-19-15-11-7-3-2-5-9-13-17(19)18-14-10-6-4-8-12-16-20(18)21/h17-20H,2-16H2,1H3. The zero-order valence-electron chi connectivity index (χ0n) is 14.4. The first kappa shape index (κ1) is 15.8. The van der Waals surface area contributed by atoms with E-state index in [0.717, 1.165) is 23.9 Å². The second-order valence-electron chi connectivity index (χ2n) is 8.17. The van der Waals surface area contributed by atoms with Crippen LogP contribution in [-0.4, -0.2) is 24.0 Å². The zero-order chi connectivity index (χ0) is 14.5. The maximum absolute atomic E-state index is 2.86. The van der Waals surface area contributed by atoms with Crippen LogP contribution in [0.25, 0.3) is 0 Å². The van der Waals surface area contributed by atoms with Crippen LogP contribution >= 0.6 is 0 Å². The highest BCUT2D eigenvalue weighted by Gasteiger charge is 2.45. The summed E-state index contributed by atoms with van der Waals surface area (Å²) in [6, 6.07) is 1.86. The first-order valence-corrected chi connectivity index (χ1v) is 10.1. The number of fused-ring (bicyclic) bond motifs is 3. The molecule has 0 aromatic carbocycles. The van der Waals surface area contributed by atoms with E-state index in [4.69, 9.17) is 0 Å². The van der Waals surface area contributed by atoms with E-state index in [9.17, 15) is 0 Å². The highest BCUT2D eigenvalue weighted by molar-refractivity contribution is 4.98. The summed E-state index contributed by atoms with van der Waals surface area (Å²) in [7, 11) is 2.48. The molecule has 0 bridgehead atoms. The molecule has 0 N–H and O–H groups in total. The summed E-state index contributed by atoms with van der Waals surface area (Å²) < 4.78 is 0. The molecule has 2 saturated carbocycles. The molecule has 1 aliphatic heterocycles. The third-order valence-corrected chi connectivity index (χ3v) is 6.91. The average Bonchev–Trinajstić information content (AvgIpc) is 2.81. The van der Waals surface area contributed by atoms with E-state index < -0.39 is 0 Å². The van der Waals surface area contributed by atoms with Gasteiger partial charge >= 0.3 is 0 Å². The van der Waals surface area contributed by atoms with Crippen LogP contribution in [0.4, 0.5) is 0 Å². The molecule has 21 heavy (non-hydrogen) atoms. The first-order chi connectivity index (χ1) is 10.4. The highest BCUT2D eigenvalue weighted by atomic mass is 15.2. The van der Waals surface area contributed by atoms with Crippen molar-refractivity contribution in [3.8, 4) is 0 Å². The molecule has 1 saturated heterocycles. The molecule has 122 valence electrons. The van der Waals surface area contributed by atoms with Crippen LogP contribution < -0.4 is 0 Å². The molecule has 0 aromatic rings. The molecule has 0 amide bonds. The normalized spacial score (nSPS) is 40.4. The molecule has 3 aliphatic rings. The lowest BCUT2D eigenvalue weighted by Gasteiger charge is -2.28. The van der Waals surface area contributed by atoms with Gasteiger partial charge in [0.1, 0.15) is 0 Å².